The van der Waals surface area contributed by atoms with Gasteiger partial charge in [0.1, 0.15) is 5.60 Å². The molecule has 1 fully saturated rings. The Kier molecular flexibility index (Phi) is 3.26. The lowest BCUT2D eigenvalue weighted by atomic mass is 10.0. The van der Waals surface area contributed by atoms with E-state index in [1.807, 2.05) is 0 Å². The number of aliphatic hydroxyl groups is 1. The predicted octanol–water partition coefficient (Wildman–Crippen LogP) is 1.16. The molecule has 6 nitrogen and oxygen atoms in total. The minimum absolute atomic E-state index is 0.0541. The Morgan fingerprint density at radius 1 is 1.47 bits per heavy atom. The van der Waals surface area contributed by atoms with Gasteiger partial charge in [0.05, 0.1) is 11.5 Å². The summed E-state index contributed by atoms with van der Waals surface area (Å²) in [6, 6.07) is 6.10. The summed E-state index contributed by atoms with van der Waals surface area (Å²) in [6.45, 7) is 1.27. The van der Waals surface area contributed by atoms with Gasteiger partial charge in [-0.3, -0.25) is 10.1 Å². The van der Waals surface area contributed by atoms with E-state index in [9.17, 15) is 15.2 Å². The molecule has 1 atom stereocenters. The molecule has 0 amide bonds. The summed E-state index contributed by atoms with van der Waals surface area (Å²) in [5.74, 6) is 0. The number of ether oxygens (including phenoxy) is 1. The SMILES string of the molecule is O=[N+]([O-])c1ccc(NCC2(O)CCOC2)cc1. The minimum atomic E-state index is -0.832. The summed E-state index contributed by atoms with van der Waals surface area (Å²) < 4.78 is 5.12. The normalized spacial score (nSPS) is 23.6. The minimum Gasteiger partial charge on any atom is -0.386 e. The van der Waals surface area contributed by atoms with Crippen LogP contribution in [0.15, 0.2) is 24.3 Å². The van der Waals surface area contributed by atoms with Gasteiger partial charge < -0.3 is 15.2 Å². The Labute approximate surface area is 98.4 Å². The molecule has 6 heteroatoms. The Bertz CT molecular complexity index is 398. The Morgan fingerprint density at radius 3 is 2.71 bits per heavy atom. The van der Waals surface area contributed by atoms with Crippen molar-refractivity contribution in [3.05, 3.63) is 34.4 Å². The molecule has 1 aliphatic rings. The van der Waals surface area contributed by atoms with Crippen LogP contribution in [0.4, 0.5) is 11.4 Å². The Morgan fingerprint density at radius 2 is 2.18 bits per heavy atom. The van der Waals surface area contributed by atoms with Gasteiger partial charge in [-0.05, 0) is 12.1 Å². The zero-order valence-corrected chi connectivity index (χ0v) is 9.26. The van der Waals surface area contributed by atoms with Crippen LogP contribution in [0.1, 0.15) is 6.42 Å². The van der Waals surface area contributed by atoms with Crippen LogP contribution in [-0.4, -0.2) is 35.4 Å². The third-order valence-electron chi connectivity index (χ3n) is 2.78. The van der Waals surface area contributed by atoms with Crippen LogP contribution in [-0.2, 0) is 4.74 Å². The van der Waals surface area contributed by atoms with Gasteiger partial charge in [-0.15, -0.1) is 0 Å². The number of non-ortho nitro benzene ring substituents is 1. The van der Waals surface area contributed by atoms with Crippen LogP contribution in [0.5, 0.6) is 0 Å². The van der Waals surface area contributed by atoms with Crippen molar-refractivity contribution in [1.29, 1.82) is 0 Å². The Balaban J connectivity index is 1.93. The number of hydrogen-bond acceptors (Lipinski definition) is 5. The Hall–Kier alpha value is -1.66. The fraction of sp³-hybridized carbons (Fsp3) is 0.455. The molecular formula is C11H14N2O4. The third kappa shape index (κ3) is 2.92. The van der Waals surface area contributed by atoms with Crippen LogP contribution in [0.3, 0.4) is 0 Å². The zero-order chi connectivity index (χ0) is 12.3. The summed E-state index contributed by atoms with van der Waals surface area (Å²) in [7, 11) is 0. The van der Waals surface area contributed by atoms with E-state index in [0.717, 1.165) is 5.69 Å². The smallest absolute Gasteiger partial charge is 0.269 e. The summed E-state index contributed by atoms with van der Waals surface area (Å²) in [5.41, 5.74) is -0.0312. The van der Waals surface area contributed by atoms with Crippen molar-refractivity contribution in [3.8, 4) is 0 Å². The highest BCUT2D eigenvalue weighted by Gasteiger charge is 2.31. The molecule has 0 aliphatic carbocycles. The van der Waals surface area contributed by atoms with Crippen molar-refractivity contribution in [3.63, 3.8) is 0 Å². The molecule has 2 rings (SSSR count). The van der Waals surface area contributed by atoms with Gasteiger partial charge in [-0.1, -0.05) is 0 Å². The number of nitro groups is 1. The van der Waals surface area contributed by atoms with Gasteiger partial charge in [0.2, 0.25) is 0 Å². The van der Waals surface area contributed by atoms with Gasteiger partial charge in [-0.2, -0.15) is 0 Å². The van der Waals surface area contributed by atoms with E-state index < -0.39 is 10.5 Å². The number of nitrogens with zero attached hydrogens (tertiary/aromatic N) is 1. The number of nitrogens with one attached hydrogen (secondary N) is 1. The molecule has 0 aromatic heterocycles. The van der Waals surface area contributed by atoms with Crippen molar-refractivity contribution in [2.24, 2.45) is 0 Å². The molecule has 1 aliphatic heterocycles. The molecule has 1 aromatic carbocycles. The van der Waals surface area contributed by atoms with E-state index in [2.05, 4.69) is 5.32 Å². The zero-order valence-electron chi connectivity index (χ0n) is 9.26. The van der Waals surface area contributed by atoms with E-state index in [0.29, 0.717) is 26.2 Å². The summed E-state index contributed by atoms with van der Waals surface area (Å²) in [4.78, 5) is 10.0. The highest BCUT2D eigenvalue weighted by molar-refractivity contribution is 5.48. The molecule has 0 bridgehead atoms. The van der Waals surface area contributed by atoms with Gasteiger partial charge in [0.15, 0.2) is 0 Å². The first-order valence-electron chi connectivity index (χ1n) is 5.38. The standard InChI is InChI=1S/C11H14N2O4/c14-11(5-6-17-8-11)7-12-9-1-3-10(4-2-9)13(15)16/h1-4,12,14H,5-8H2. The van der Waals surface area contributed by atoms with Crippen molar-refractivity contribution in [2.75, 3.05) is 25.1 Å². The van der Waals surface area contributed by atoms with Crippen LogP contribution in [0.2, 0.25) is 0 Å². The highest BCUT2D eigenvalue weighted by atomic mass is 16.6. The predicted molar refractivity (Wildman–Crippen MR) is 62.0 cm³/mol. The number of rotatable bonds is 4. The molecule has 0 saturated carbocycles. The molecule has 17 heavy (non-hydrogen) atoms. The lowest BCUT2D eigenvalue weighted by molar-refractivity contribution is -0.384. The van der Waals surface area contributed by atoms with E-state index in [1.54, 1.807) is 12.1 Å². The third-order valence-corrected chi connectivity index (χ3v) is 2.78. The topological polar surface area (TPSA) is 84.6 Å². The van der Waals surface area contributed by atoms with Crippen molar-refractivity contribution in [2.45, 2.75) is 12.0 Å². The number of hydrogen-bond donors (Lipinski definition) is 2. The average Bonchev–Trinajstić information content (AvgIpc) is 2.75. The first kappa shape index (κ1) is 11.8. The van der Waals surface area contributed by atoms with E-state index in [1.165, 1.54) is 12.1 Å². The lowest BCUT2D eigenvalue weighted by Gasteiger charge is -2.21. The van der Waals surface area contributed by atoms with Crippen molar-refractivity contribution >= 4 is 11.4 Å². The lowest BCUT2D eigenvalue weighted by Crippen LogP contribution is -2.37. The number of anilines is 1. The second kappa shape index (κ2) is 4.68. The summed E-state index contributed by atoms with van der Waals surface area (Å²) >= 11 is 0. The highest BCUT2D eigenvalue weighted by Crippen LogP contribution is 2.20. The number of nitro benzene ring substituents is 1. The maximum atomic E-state index is 10.5. The molecule has 0 radical (unpaired) electrons. The van der Waals surface area contributed by atoms with Crippen LogP contribution in [0.25, 0.3) is 0 Å². The largest absolute Gasteiger partial charge is 0.386 e. The van der Waals surface area contributed by atoms with E-state index in [4.69, 9.17) is 4.74 Å². The summed E-state index contributed by atoms with van der Waals surface area (Å²) in [6.07, 6.45) is 0.604. The summed E-state index contributed by atoms with van der Waals surface area (Å²) in [5, 5.41) is 23.5. The molecule has 1 heterocycles. The molecule has 1 saturated heterocycles. The molecular weight excluding hydrogens is 224 g/mol. The quantitative estimate of drug-likeness (QED) is 0.607. The molecule has 0 spiro atoms. The second-order valence-electron chi connectivity index (χ2n) is 4.18. The fourth-order valence-electron chi connectivity index (χ4n) is 1.70. The van der Waals surface area contributed by atoms with Gasteiger partial charge >= 0.3 is 0 Å². The van der Waals surface area contributed by atoms with E-state index in [-0.39, 0.29) is 5.69 Å². The van der Waals surface area contributed by atoms with Gasteiger partial charge in [0, 0.05) is 37.4 Å². The molecule has 2 N–H and O–H groups in total. The fourth-order valence-corrected chi connectivity index (χ4v) is 1.70. The maximum absolute atomic E-state index is 10.5. The van der Waals surface area contributed by atoms with Crippen LogP contribution in [0, 0.1) is 10.1 Å². The molecule has 1 unspecified atom stereocenters. The molecule has 92 valence electrons. The molecule has 1 aromatic rings. The maximum Gasteiger partial charge on any atom is 0.269 e. The van der Waals surface area contributed by atoms with E-state index >= 15 is 0 Å². The monoisotopic (exact) mass is 238 g/mol. The second-order valence-corrected chi connectivity index (χ2v) is 4.18. The first-order valence-corrected chi connectivity index (χ1v) is 5.38. The van der Waals surface area contributed by atoms with Crippen LogP contribution >= 0.6 is 0 Å². The number of benzene rings is 1. The van der Waals surface area contributed by atoms with Crippen LogP contribution < -0.4 is 5.32 Å². The van der Waals surface area contributed by atoms with Gasteiger partial charge in [0.25, 0.3) is 5.69 Å². The first-order chi connectivity index (χ1) is 8.09. The van der Waals surface area contributed by atoms with Crippen molar-refractivity contribution < 1.29 is 14.8 Å². The van der Waals surface area contributed by atoms with Crippen molar-refractivity contribution in [1.82, 2.24) is 0 Å². The van der Waals surface area contributed by atoms with Gasteiger partial charge in [-0.25, -0.2) is 0 Å². The average molecular weight is 238 g/mol.